The first-order chi connectivity index (χ1) is 14.5. The first kappa shape index (κ1) is 23.2. The van der Waals surface area contributed by atoms with Crippen LogP contribution < -0.4 is 4.72 Å². The summed E-state index contributed by atoms with van der Waals surface area (Å²) >= 11 is 0. The standard InChI is InChI=1S/C20H25N3O6S2/c1-15-8-11-19(14-20(15)23(24)25)30(26,27)21-16-9-12-18(13-10-16)31(28,29)22(2)17-6-4-3-5-7-17/h8-14,17,21H,3-7H2,1-2H3. The van der Waals surface area contributed by atoms with E-state index in [0.717, 1.165) is 38.2 Å². The Morgan fingerprint density at radius 3 is 2.13 bits per heavy atom. The van der Waals surface area contributed by atoms with E-state index in [4.69, 9.17) is 0 Å². The van der Waals surface area contributed by atoms with E-state index in [-0.39, 0.29) is 27.2 Å². The normalized spacial score (nSPS) is 15.7. The molecule has 0 amide bonds. The van der Waals surface area contributed by atoms with Gasteiger partial charge in [-0.15, -0.1) is 0 Å². The minimum atomic E-state index is -4.08. The summed E-state index contributed by atoms with van der Waals surface area (Å²) in [5.41, 5.74) is 0.207. The molecule has 168 valence electrons. The molecule has 9 nitrogen and oxygen atoms in total. The lowest BCUT2D eigenvalue weighted by Crippen LogP contribution is -2.38. The van der Waals surface area contributed by atoms with Gasteiger partial charge in [0.05, 0.1) is 14.7 Å². The highest BCUT2D eigenvalue weighted by atomic mass is 32.2. The number of nitro benzene ring substituents is 1. The van der Waals surface area contributed by atoms with Crippen LogP contribution in [0.15, 0.2) is 52.3 Å². The number of nitrogens with one attached hydrogen (secondary N) is 1. The van der Waals surface area contributed by atoms with Gasteiger partial charge >= 0.3 is 0 Å². The van der Waals surface area contributed by atoms with Crippen molar-refractivity contribution in [1.29, 1.82) is 0 Å². The second kappa shape index (κ2) is 8.93. The number of hydrogen-bond donors (Lipinski definition) is 1. The van der Waals surface area contributed by atoms with E-state index in [1.54, 1.807) is 7.05 Å². The first-order valence-corrected chi connectivity index (χ1v) is 12.8. The molecule has 3 rings (SSSR count). The molecule has 1 N–H and O–H groups in total. The third kappa shape index (κ3) is 5.05. The summed E-state index contributed by atoms with van der Waals surface area (Å²) in [6.07, 6.45) is 4.78. The Hall–Kier alpha value is -2.50. The van der Waals surface area contributed by atoms with Crippen molar-refractivity contribution in [1.82, 2.24) is 4.31 Å². The van der Waals surface area contributed by atoms with Gasteiger partial charge in [0.1, 0.15) is 0 Å². The molecule has 0 unspecified atom stereocenters. The van der Waals surface area contributed by atoms with Gasteiger partial charge in [-0.1, -0.05) is 25.3 Å². The van der Waals surface area contributed by atoms with Crippen LogP contribution in [-0.4, -0.2) is 39.2 Å². The van der Waals surface area contributed by atoms with Crippen molar-refractivity contribution < 1.29 is 21.8 Å². The van der Waals surface area contributed by atoms with E-state index in [2.05, 4.69) is 4.72 Å². The minimum Gasteiger partial charge on any atom is -0.280 e. The van der Waals surface area contributed by atoms with Gasteiger partial charge in [-0.3, -0.25) is 14.8 Å². The predicted molar refractivity (Wildman–Crippen MR) is 117 cm³/mol. The summed E-state index contributed by atoms with van der Waals surface area (Å²) in [5, 5.41) is 11.1. The van der Waals surface area contributed by atoms with Gasteiger partial charge < -0.3 is 0 Å². The van der Waals surface area contributed by atoms with Crippen molar-refractivity contribution in [3.63, 3.8) is 0 Å². The van der Waals surface area contributed by atoms with Crippen LogP contribution in [0.25, 0.3) is 0 Å². The Labute approximate surface area is 182 Å². The van der Waals surface area contributed by atoms with E-state index in [1.807, 2.05) is 0 Å². The van der Waals surface area contributed by atoms with Gasteiger partial charge in [-0.05, 0) is 50.1 Å². The molecule has 2 aromatic rings. The van der Waals surface area contributed by atoms with Gasteiger partial charge in [0.15, 0.2) is 0 Å². The summed E-state index contributed by atoms with van der Waals surface area (Å²) in [4.78, 5) is 10.3. The van der Waals surface area contributed by atoms with Crippen molar-refractivity contribution in [3.05, 3.63) is 58.1 Å². The van der Waals surface area contributed by atoms with Crippen LogP contribution in [0.5, 0.6) is 0 Å². The fraction of sp³-hybridized carbons (Fsp3) is 0.400. The smallest absolute Gasteiger partial charge is 0.273 e. The topological polar surface area (TPSA) is 127 Å². The fourth-order valence-corrected chi connectivity index (χ4v) is 6.16. The molecule has 0 aliphatic heterocycles. The van der Waals surface area contributed by atoms with Crippen molar-refractivity contribution in [2.75, 3.05) is 11.8 Å². The van der Waals surface area contributed by atoms with Crippen LogP contribution in [0.1, 0.15) is 37.7 Å². The van der Waals surface area contributed by atoms with Gasteiger partial charge in [-0.2, -0.15) is 4.31 Å². The van der Waals surface area contributed by atoms with Gasteiger partial charge in [-0.25, -0.2) is 16.8 Å². The van der Waals surface area contributed by atoms with Gasteiger partial charge in [0.2, 0.25) is 10.0 Å². The third-order valence-corrected chi connectivity index (χ3v) is 8.86. The minimum absolute atomic E-state index is 0.0331. The lowest BCUT2D eigenvalue weighted by molar-refractivity contribution is -0.385. The Kier molecular flexibility index (Phi) is 6.68. The van der Waals surface area contributed by atoms with Crippen LogP contribution >= 0.6 is 0 Å². The summed E-state index contributed by atoms with van der Waals surface area (Å²) in [7, 11) is -6.20. The molecule has 1 fully saturated rings. The number of nitrogens with zero attached hydrogens (tertiary/aromatic N) is 2. The molecule has 0 heterocycles. The molecular weight excluding hydrogens is 442 g/mol. The summed E-state index contributed by atoms with van der Waals surface area (Å²) < 4.78 is 54.8. The van der Waals surface area contributed by atoms with E-state index in [1.165, 1.54) is 47.6 Å². The average Bonchev–Trinajstić information content (AvgIpc) is 2.74. The Balaban J connectivity index is 1.80. The highest BCUT2D eigenvalue weighted by molar-refractivity contribution is 7.92. The molecule has 0 bridgehead atoms. The highest BCUT2D eigenvalue weighted by Crippen LogP contribution is 2.28. The maximum absolute atomic E-state index is 12.9. The molecule has 0 radical (unpaired) electrons. The average molecular weight is 468 g/mol. The molecule has 1 aliphatic carbocycles. The van der Waals surface area contributed by atoms with E-state index in [9.17, 15) is 26.9 Å². The van der Waals surface area contributed by atoms with Gasteiger partial charge in [0.25, 0.3) is 15.7 Å². The molecule has 0 saturated heterocycles. The molecule has 1 aliphatic rings. The van der Waals surface area contributed by atoms with E-state index in [0.29, 0.717) is 5.56 Å². The van der Waals surface area contributed by atoms with Crippen LogP contribution in [-0.2, 0) is 20.0 Å². The lowest BCUT2D eigenvalue weighted by atomic mass is 9.96. The largest absolute Gasteiger partial charge is 0.280 e. The monoisotopic (exact) mass is 467 g/mol. The highest BCUT2D eigenvalue weighted by Gasteiger charge is 2.29. The molecule has 0 atom stereocenters. The number of aryl methyl sites for hydroxylation is 1. The number of nitro groups is 1. The Bertz CT molecular complexity index is 1170. The molecule has 11 heteroatoms. The second-order valence-electron chi connectivity index (χ2n) is 7.65. The molecule has 1 saturated carbocycles. The summed E-state index contributed by atoms with van der Waals surface area (Å²) in [5.74, 6) is 0. The molecular formula is C20H25N3O6S2. The zero-order valence-corrected chi connectivity index (χ0v) is 18.9. The van der Waals surface area contributed by atoms with Crippen LogP contribution in [0, 0.1) is 17.0 Å². The third-order valence-electron chi connectivity index (χ3n) is 5.56. The Morgan fingerprint density at radius 1 is 0.968 bits per heavy atom. The zero-order chi connectivity index (χ0) is 22.8. The zero-order valence-electron chi connectivity index (χ0n) is 17.3. The first-order valence-electron chi connectivity index (χ1n) is 9.88. The number of benzene rings is 2. The maximum atomic E-state index is 12.9. The van der Waals surface area contributed by atoms with E-state index < -0.39 is 25.0 Å². The Morgan fingerprint density at radius 2 is 1.55 bits per heavy atom. The number of sulfonamides is 2. The van der Waals surface area contributed by atoms with Gasteiger partial charge in [0, 0.05) is 30.4 Å². The molecule has 31 heavy (non-hydrogen) atoms. The predicted octanol–water partition coefficient (Wildman–Crippen LogP) is 3.66. The van der Waals surface area contributed by atoms with Crippen LogP contribution in [0.2, 0.25) is 0 Å². The number of anilines is 1. The molecule has 0 aromatic heterocycles. The molecule has 0 spiro atoms. The SMILES string of the molecule is Cc1ccc(S(=O)(=O)Nc2ccc(S(=O)(=O)N(C)C3CCCCC3)cc2)cc1[N+](=O)[O-]. The van der Waals surface area contributed by atoms with Crippen molar-refractivity contribution in [2.45, 2.75) is 54.9 Å². The fourth-order valence-electron chi connectivity index (χ4n) is 3.67. The van der Waals surface area contributed by atoms with E-state index >= 15 is 0 Å². The van der Waals surface area contributed by atoms with Crippen molar-refractivity contribution in [2.24, 2.45) is 0 Å². The summed E-state index contributed by atoms with van der Waals surface area (Å²) in [6.45, 7) is 1.52. The van der Waals surface area contributed by atoms with Crippen LogP contribution in [0.4, 0.5) is 11.4 Å². The summed E-state index contributed by atoms with van der Waals surface area (Å²) in [6, 6.07) is 9.04. The second-order valence-corrected chi connectivity index (χ2v) is 11.3. The molecule has 2 aromatic carbocycles. The van der Waals surface area contributed by atoms with Crippen molar-refractivity contribution >= 4 is 31.4 Å². The quantitative estimate of drug-likeness (QED) is 0.489. The van der Waals surface area contributed by atoms with Crippen LogP contribution in [0.3, 0.4) is 0 Å². The maximum Gasteiger partial charge on any atom is 0.273 e. The van der Waals surface area contributed by atoms with Crippen molar-refractivity contribution in [3.8, 4) is 0 Å². The number of hydrogen-bond acceptors (Lipinski definition) is 6. The number of rotatable bonds is 7. The lowest BCUT2D eigenvalue weighted by Gasteiger charge is -2.30.